The fraction of sp³-hybridized carbons (Fsp3) is 0.316. The van der Waals surface area contributed by atoms with Gasteiger partial charge in [0.25, 0.3) is 0 Å². The van der Waals surface area contributed by atoms with Crippen LogP contribution in [0.25, 0.3) is 0 Å². The van der Waals surface area contributed by atoms with Crippen molar-refractivity contribution in [2.45, 2.75) is 24.3 Å². The molecule has 0 spiro atoms. The Balaban J connectivity index is 1.78. The van der Waals surface area contributed by atoms with Crippen molar-refractivity contribution in [3.05, 3.63) is 65.2 Å². The molecular formula is C19H20N2O3S. The van der Waals surface area contributed by atoms with Crippen LogP contribution in [-0.4, -0.2) is 38.5 Å². The molecule has 130 valence electrons. The highest BCUT2D eigenvalue weighted by atomic mass is 32.2. The molecule has 1 aliphatic rings. The van der Waals surface area contributed by atoms with Gasteiger partial charge in [-0.15, -0.1) is 0 Å². The van der Waals surface area contributed by atoms with E-state index in [1.165, 1.54) is 10.4 Å². The summed E-state index contributed by atoms with van der Waals surface area (Å²) in [7, 11) is -3.59. The third-order valence-corrected chi connectivity index (χ3v) is 6.22. The van der Waals surface area contributed by atoms with Crippen LogP contribution in [-0.2, 0) is 21.2 Å². The smallest absolute Gasteiger partial charge is 0.243 e. The van der Waals surface area contributed by atoms with Gasteiger partial charge >= 0.3 is 0 Å². The zero-order valence-electron chi connectivity index (χ0n) is 14.1. The first-order chi connectivity index (χ1) is 12.0. The summed E-state index contributed by atoms with van der Waals surface area (Å²) in [5.41, 5.74) is 2.28. The molecule has 1 unspecified atom stereocenters. The van der Waals surface area contributed by atoms with E-state index in [9.17, 15) is 8.42 Å². The van der Waals surface area contributed by atoms with Crippen LogP contribution >= 0.6 is 0 Å². The number of sulfonamides is 1. The average Bonchev–Trinajstić information content (AvgIpc) is 2.62. The van der Waals surface area contributed by atoms with Crippen molar-refractivity contribution in [3.63, 3.8) is 0 Å². The van der Waals surface area contributed by atoms with Crippen LogP contribution in [0.1, 0.15) is 16.7 Å². The van der Waals surface area contributed by atoms with E-state index in [2.05, 4.69) is 6.07 Å². The summed E-state index contributed by atoms with van der Waals surface area (Å²) in [5, 5.41) is 9.01. The number of aryl methyl sites for hydroxylation is 1. The van der Waals surface area contributed by atoms with Crippen LogP contribution < -0.4 is 0 Å². The summed E-state index contributed by atoms with van der Waals surface area (Å²) < 4.78 is 33.1. The van der Waals surface area contributed by atoms with Gasteiger partial charge in [-0.2, -0.15) is 9.57 Å². The van der Waals surface area contributed by atoms with E-state index in [1.54, 1.807) is 19.1 Å². The average molecular weight is 356 g/mol. The summed E-state index contributed by atoms with van der Waals surface area (Å²) in [6.07, 6.45) is 0.518. The molecule has 0 aromatic heterocycles. The second-order valence-corrected chi connectivity index (χ2v) is 8.07. The fourth-order valence-corrected chi connectivity index (χ4v) is 4.52. The van der Waals surface area contributed by atoms with Gasteiger partial charge in [0.05, 0.1) is 29.2 Å². The molecule has 3 rings (SSSR count). The van der Waals surface area contributed by atoms with Gasteiger partial charge in [0, 0.05) is 13.1 Å². The summed E-state index contributed by atoms with van der Waals surface area (Å²) in [6.45, 7) is 2.80. The fourth-order valence-electron chi connectivity index (χ4n) is 2.98. The van der Waals surface area contributed by atoms with Gasteiger partial charge < -0.3 is 4.74 Å². The van der Waals surface area contributed by atoms with Gasteiger partial charge in [-0.05, 0) is 42.7 Å². The largest absolute Gasteiger partial charge is 0.375 e. The Labute approximate surface area is 148 Å². The number of nitrogens with zero attached hydrogens (tertiary/aromatic N) is 2. The molecule has 1 aliphatic heterocycles. The van der Waals surface area contributed by atoms with Crippen molar-refractivity contribution in [1.29, 1.82) is 5.26 Å². The lowest BCUT2D eigenvalue weighted by atomic mass is 10.1. The molecule has 1 heterocycles. The molecule has 0 saturated carbocycles. The van der Waals surface area contributed by atoms with Gasteiger partial charge in [0.15, 0.2) is 0 Å². The Hall–Kier alpha value is -2.20. The molecule has 2 aromatic carbocycles. The Bertz CT molecular complexity index is 889. The number of morpholine rings is 1. The van der Waals surface area contributed by atoms with Crippen LogP contribution in [0.5, 0.6) is 0 Å². The van der Waals surface area contributed by atoms with Crippen LogP contribution in [0.4, 0.5) is 0 Å². The van der Waals surface area contributed by atoms with E-state index in [1.807, 2.05) is 30.3 Å². The molecule has 1 atom stereocenters. The Morgan fingerprint density at radius 1 is 1.24 bits per heavy atom. The number of benzene rings is 2. The SMILES string of the molecule is Cc1cc(S(=O)(=O)N2CCOC(Cc3ccccc3)C2)ccc1C#N. The molecular weight excluding hydrogens is 336 g/mol. The van der Waals surface area contributed by atoms with Crippen molar-refractivity contribution in [2.75, 3.05) is 19.7 Å². The molecule has 0 radical (unpaired) electrons. The molecule has 2 aromatic rings. The molecule has 1 fully saturated rings. The van der Waals surface area contributed by atoms with Gasteiger partial charge in [-0.25, -0.2) is 8.42 Å². The zero-order valence-corrected chi connectivity index (χ0v) is 14.9. The summed E-state index contributed by atoms with van der Waals surface area (Å²) >= 11 is 0. The van der Waals surface area contributed by atoms with E-state index in [-0.39, 0.29) is 11.0 Å². The molecule has 0 bridgehead atoms. The highest BCUT2D eigenvalue weighted by Crippen LogP contribution is 2.22. The summed E-state index contributed by atoms with van der Waals surface area (Å²) in [5.74, 6) is 0. The number of hydrogen-bond acceptors (Lipinski definition) is 4. The number of hydrogen-bond donors (Lipinski definition) is 0. The first-order valence-corrected chi connectivity index (χ1v) is 9.61. The highest BCUT2D eigenvalue weighted by molar-refractivity contribution is 7.89. The van der Waals surface area contributed by atoms with Crippen LogP contribution in [0.15, 0.2) is 53.4 Å². The maximum absolute atomic E-state index is 12.9. The Morgan fingerprint density at radius 2 is 2.00 bits per heavy atom. The molecule has 0 N–H and O–H groups in total. The first-order valence-electron chi connectivity index (χ1n) is 8.17. The van der Waals surface area contributed by atoms with Crippen molar-refractivity contribution in [3.8, 4) is 6.07 Å². The lowest BCUT2D eigenvalue weighted by Crippen LogP contribution is -2.46. The highest BCUT2D eigenvalue weighted by Gasteiger charge is 2.31. The predicted octanol–water partition coefficient (Wildman–Crippen LogP) is 2.50. The minimum absolute atomic E-state index is 0.162. The lowest BCUT2D eigenvalue weighted by Gasteiger charge is -2.32. The number of rotatable bonds is 4. The molecule has 5 nitrogen and oxygen atoms in total. The van der Waals surface area contributed by atoms with Gasteiger partial charge in [-0.1, -0.05) is 30.3 Å². The van der Waals surface area contributed by atoms with E-state index in [4.69, 9.17) is 10.00 Å². The molecule has 0 amide bonds. The quantitative estimate of drug-likeness (QED) is 0.844. The summed E-state index contributed by atoms with van der Waals surface area (Å²) in [4.78, 5) is 0.226. The molecule has 0 aliphatic carbocycles. The van der Waals surface area contributed by atoms with E-state index in [0.29, 0.717) is 37.2 Å². The third-order valence-electron chi connectivity index (χ3n) is 4.36. The second-order valence-electron chi connectivity index (χ2n) is 6.13. The topological polar surface area (TPSA) is 70.4 Å². The predicted molar refractivity (Wildman–Crippen MR) is 94.5 cm³/mol. The Kier molecular flexibility index (Phi) is 5.19. The van der Waals surface area contributed by atoms with Crippen LogP contribution in [0, 0.1) is 18.3 Å². The van der Waals surface area contributed by atoms with Crippen molar-refractivity contribution in [2.24, 2.45) is 0 Å². The lowest BCUT2D eigenvalue weighted by molar-refractivity contribution is -0.000495. The van der Waals surface area contributed by atoms with E-state index < -0.39 is 10.0 Å². The Morgan fingerprint density at radius 3 is 2.68 bits per heavy atom. The standard InChI is InChI=1S/C19H20N2O3S/c1-15-11-19(8-7-17(15)13-20)25(22,23)21-9-10-24-18(14-21)12-16-5-3-2-4-6-16/h2-8,11,18H,9-10,12,14H2,1H3. The number of ether oxygens (including phenoxy) is 1. The summed E-state index contributed by atoms with van der Waals surface area (Å²) in [6, 6.07) is 16.6. The zero-order chi connectivity index (χ0) is 17.9. The maximum Gasteiger partial charge on any atom is 0.243 e. The molecule has 6 heteroatoms. The minimum atomic E-state index is -3.59. The molecule has 25 heavy (non-hydrogen) atoms. The maximum atomic E-state index is 12.9. The van der Waals surface area contributed by atoms with Gasteiger partial charge in [-0.3, -0.25) is 0 Å². The molecule has 1 saturated heterocycles. The van der Waals surface area contributed by atoms with E-state index >= 15 is 0 Å². The first kappa shape index (κ1) is 17.6. The number of nitriles is 1. The van der Waals surface area contributed by atoms with Crippen molar-refractivity contribution in [1.82, 2.24) is 4.31 Å². The second kappa shape index (κ2) is 7.36. The van der Waals surface area contributed by atoms with Crippen molar-refractivity contribution < 1.29 is 13.2 Å². The van der Waals surface area contributed by atoms with Crippen LogP contribution in [0.2, 0.25) is 0 Å². The van der Waals surface area contributed by atoms with Crippen LogP contribution in [0.3, 0.4) is 0 Å². The van der Waals surface area contributed by atoms with Gasteiger partial charge in [0.1, 0.15) is 0 Å². The normalized spacial score (nSPS) is 18.6. The van der Waals surface area contributed by atoms with Gasteiger partial charge in [0.2, 0.25) is 10.0 Å². The van der Waals surface area contributed by atoms with Crippen molar-refractivity contribution >= 4 is 10.0 Å². The van der Waals surface area contributed by atoms with E-state index in [0.717, 1.165) is 5.56 Å². The monoisotopic (exact) mass is 356 g/mol. The third kappa shape index (κ3) is 3.90. The minimum Gasteiger partial charge on any atom is -0.375 e.